The number of hydrogen-bond acceptors (Lipinski definition) is 4. The van der Waals surface area contributed by atoms with Crippen molar-refractivity contribution in [1.82, 2.24) is 4.98 Å². The highest BCUT2D eigenvalue weighted by Crippen LogP contribution is 2.48. The highest BCUT2D eigenvalue weighted by atomic mass is 35.5. The second-order valence-electron chi connectivity index (χ2n) is 6.77. The Bertz CT molecular complexity index is 972. The van der Waals surface area contributed by atoms with Gasteiger partial charge in [0.05, 0.1) is 18.7 Å². The van der Waals surface area contributed by atoms with Crippen LogP contribution in [-0.4, -0.2) is 36.0 Å². The smallest absolute Gasteiger partial charge is 0.400 e. The number of ether oxygens (including phenoxy) is 1. The summed E-state index contributed by atoms with van der Waals surface area (Å²) in [4.78, 5) is 19.9. The van der Waals surface area contributed by atoms with Crippen molar-refractivity contribution in [3.63, 3.8) is 0 Å². The van der Waals surface area contributed by atoms with Crippen LogP contribution in [0.3, 0.4) is 0 Å². The predicted molar refractivity (Wildman–Crippen MR) is 105 cm³/mol. The van der Waals surface area contributed by atoms with Gasteiger partial charge < -0.3 is 4.74 Å². The number of rotatable bonds is 4. The van der Waals surface area contributed by atoms with Gasteiger partial charge in [0, 0.05) is 12.1 Å². The second kappa shape index (κ2) is 7.95. The number of carbonyl (C=O) groups is 1. The average Bonchev–Trinajstić information content (AvgIpc) is 3.07. The molecule has 1 unspecified atom stereocenters. The van der Waals surface area contributed by atoms with Crippen LogP contribution in [0.4, 0.5) is 13.2 Å². The minimum atomic E-state index is -4.58. The molecule has 1 aliphatic rings. The van der Waals surface area contributed by atoms with Gasteiger partial charge >= 0.3 is 12.1 Å². The van der Waals surface area contributed by atoms with E-state index in [2.05, 4.69) is 9.98 Å². The summed E-state index contributed by atoms with van der Waals surface area (Å²) in [6.07, 6.45) is -4.95. The van der Waals surface area contributed by atoms with Crippen LogP contribution in [0.1, 0.15) is 40.4 Å². The van der Waals surface area contributed by atoms with Gasteiger partial charge in [-0.3, -0.25) is 4.99 Å². The molecule has 29 heavy (non-hydrogen) atoms. The molecule has 3 rings (SSSR count). The van der Waals surface area contributed by atoms with E-state index < -0.39 is 24.1 Å². The number of benzene rings is 1. The van der Waals surface area contributed by atoms with Crippen LogP contribution in [0.15, 0.2) is 35.3 Å². The van der Waals surface area contributed by atoms with Crippen LogP contribution >= 0.6 is 23.2 Å². The first-order valence-corrected chi connectivity index (χ1v) is 9.55. The number of alkyl halides is 3. The number of nitrogens with zero attached hydrogens (tertiary/aromatic N) is 2. The van der Waals surface area contributed by atoms with Gasteiger partial charge in [-0.2, -0.15) is 13.2 Å². The van der Waals surface area contributed by atoms with Gasteiger partial charge in [-0.25, -0.2) is 9.78 Å². The summed E-state index contributed by atoms with van der Waals surface area (Å²) in [5.74, 6) is -0.476. The third-order valence-electron chi connectivity index (χ3n) is 4.92. The Morgan fingerprint density at radius 3 is 2.41 bits per heavy atom. The van der Waals surface area contributed by atoms with Gasteiger partial charge in [0.2, 0.25) is 0 Å². The summed E-state index contributed by atoms with van der Waals surface area (Å²) in [5, 5.41) is -0.224. The lowest BCUT2D eigenvalue weighted by Crippen LogP contribution is -2.43. The molecule has 0 saturated carbocycles. The van der Waals surface area contributed by atoms with Crippen molar-refractivity contribution in [3.8, 4) is 0 Å². The van der Waals surface area contributed by atoms with E-state index in [9.17, 15) is 18.0 Å². The quantitative estimate of drug-likeness (QED) is 0.457. The monoisotopic (exact) mass is 444 g/mol. The Kier molecular flexibility index (Phi) is 5.92. The lowest BCUT2D eigenvalue weighted by Gasteiger charge is -2.31. The fraction of sp³-hybridized carbons (Fsp3) is 0.350. The zero-order valence-electron chi connectivity index (χ0n) is 15.6. The summed E-state index contributed by atoms with van der Waals surface area (Å²) < 4.78 is 47.4. The van der Waals surface area contributed by atoms with Crippen molar-refractivity contribution < 1.29 is 22.7 Å². The van der Waals surface area contributed by atoms with E-state index in [0.717, 1.165) is 0 Å². The fourth-order valence-electron chi connectivity index (χ4n) is 3.39. The van der Waals surface area contributed by atoms with Crippen LogP contribution in [-0.2, 0) is 10.2 Å². The molecular weight excluding hydrogens is 428 g/mol. The van der Waals surface area contributed by atoms with Crippen molar-refractivity contribution in [2.45, 2.75) is 31.9 Å². The zero-order valence-corrected chi connectivity index (χ0v) is 17.1. The molecule has 0 fully saturated rings. The highest BCUT2D eigenvalue weighted by molar-refractivity contribution is 6.32. The third-order valence-corrected chi connectivity index (χ3v) is 5.31. The van der Waals surface area contributed by atoms with E-state index in [1.807, 2.05) is 0 Å². The van der Waals surface area contributed by atoms with E-state index >= 15 is 0 Å². The van der Waals surface area contributed by atoms with Crippen molar-refractivity contribution >= 4 is 34.9 Å². The minimum Gasteiger partial charge on any atom is -0.462 e. The average molecular weight is 445 g/mol. The molecule has 0 N–H and O–H groups in total. The summed E-state index contributed by atoms with van der Waals surface area (Å²) in [7, 11) is 0. The van der Waals surface area contributed by atoms with E-state index in [-0.39, 0.29) is 28.9 Å². The fourth-order valence-corrected chi connectivity index (χ4v) is 3.85. The first-order chi connectivity index (χ1) is 13.6. The SMILES string of the molecule is CCOC(=O)c1ccc(C2=NCC(c3cc(Cl)nc(Cl)c3)(C(F)(F)F)C2)cc1C. The molecule has 1 atom stereocenters. The largest absolute Gasteiger partial charge is 0.462 e. The first kappa shape index (κ1) is 21.6. The van der Waals surface area contributed by atoms with Gasteiger partial charge in [-0.1, -0.05) is 29.3 Å². The molecule has 9 heteroatoms. The van der Waals surface area contributed by atoms with Crippen molar-refractivity contribution in [2.75, 3.05) is 13.2 Å². The number of aryl methyl sites for hydroxylation is 1. The lowest BCUT2D eigenvalue weighted by molar-refractivity contribution is -0.183. The first-order valence-electron chi connectivity index (χ1n) is 8.79. The Hall–Kier alpha value is -2.12. The molecule has 0 bridgehead atoms. The standard InChI is InChI=1S/C20H17Cl2F3N2O2/c1-3-29-18(28)14-5-4-12(6-11(14)2)15-9-19(10-26-15,20(23,24)25)13-7-16(21)27-17(22)8-13/h4-8H,3,9-10H2,1-2H3. The maximum Gasteiger partial charge on any atom is 0.400 e. The molecule has 0 amide bonds. The zero-order chi connectivity index (χ0) is 21.4. The Balaban J connectivity index is 1.97. The normalized spacial score (nSPS) is 19.2. The van der Waals surface area contributed by atoms with Gasteiger partial charge in [0.25, 0.3) is 0 Å². The molecule has 1 aromatic carbocycles. The summed E-state index contributed by atoms with van der Waals surface area (Å²) >= 11 is 11.7. The van der Waals surface area contributed by atoms with E-state index in [1.54, 1.807) is 32.0 Å². The van der Waals surface area contributed by atoms with Crippen molar-refractivity contribution in [2.24, 2.45) is 4.99 Å². The van der Waals surface area contributed by atoms with Crippen LogP contribution in [0.2, 0.25) is 10.3 Å². The molecule has 0 radical (unpaired) electrons. The number of aliphatic imine (C=N–C) groups is 1. The molecule has 2 heterocycles. The summed E-state index contributed by atoms with van der Waals surface area (Å²) in [6, 6.07) is 7.11. The van der Waals surface area contributed by atoms with Gasteiger partial charge in [0.15, 0.2) is 0 Å². The number of carbonyl (C=O) groups excluding carboxylic acids is 1. The van der Waals surface area contributed by atoms with Crippen LogP contribution < -0.4 is 0 Å². The second-order valence-corrected chi connectivity index (χ2v) is 7.55. The Labute approximate surface area is 175 Å². The highest BCUT2D eigenvalue weighted by Gasteiger charge is 2.58. The molecule has 1 aromatic heterocycles. The van der Waals surface area contributed by atoms with Crippen molar-refractivity contribution in [1.29, 1.82) is 0 Å². The Morgan fingerprint density at radius 1 is 1.21 bits per heavy atom. The minimum absolute atomic E-state index is 0.0754. The molecule has 0 saturated heterocycles. The maximum atomic E-state index is 14.1. The third kappa shape index (κ3) is 4.12. The number of pyridine rings is 1. The van der Waals surface area contributed by atoms with E-state index in [0.29, 0.717) is 22.4 Å². The summed E-state index contributed by atoms with van der Waals surface area (Å²) in [6.45, 7) is 3.15. The van der Waals surface area contributed by atoms with Crippen LogP contribution in [0.25, 0.3) is 0 Å². The van der Waals surface area contributed by atoms with Crippen LogP contribution in [0, 0.1) is 6.92 Å². The number of aromatic nitrogens is 1. The van der Waals surface area contributed by atoms with E-state index in [4.69, 9.17) is 27.9 Å². The number of hydrogen-bond donors (Lipinski definition) is 0. The van der Waals surface area contributed by atoms with Gasteiger partial charge in [0.1, 0.15) is 15.7 Å². The molecular formula is C20H17Cl2F3N2O2. The van der Waals surface area contributed by atoms with Crippen molar-refractivity contribution in [3.05, 3.63) is 62.9 Å². The van der Waals surface area contributed by atoms with Gasteiger partial charge in [-0.15, -0.1) is 0 Å². The molecule has 1 aliphatic heterocycles. The molecule has 0 spiro atoms. The van der Waals surface area contributed by atoms with E-state index in [1.165, 1.54) is 12.1 Å². The molecule has 0 aliphatic carbocycles. The number of esters is 1. The predicted octanol–water partition coefficient (Wildman–Crippen LogP) is 5.57. The van der Waals surface area contributed by atoms with Crippen LogP contribution in [0.5, 0.6) is 0 Å². The molecule has 4 nitrogen and oxygen atoms in total. The molecule has 2 aromatic rings. The Morgan fingerprint density at radius 2 is 1.86 bits per heavy atom. The lowest BCUT2D eigenvalue weighted by atomic mass is 9.77. The van der Waals surface area contributed by atoms with Gasteiger partial charge in [-0.05, 0) is 54.8 Å². The summed E-state index contributed by atoms with van der Waals surface area (Å²) in [5.41, 5.74) is -0.537. The maximum absolute atomic E-state index is 14.1. The number of halogens is 5. The topological polar surface area (TPSA) is 51.5 Å². The molecule has 154 valence electrons.